The molecule has 0 radical (unpaired) electrons. The van der Waals surface area contributed by atoms with E-state index < -0.39 is 0 Å². The van der Waals surface area contributed by atoms with Crippen LogP contribution < -0.4 is 10.6 Å². The molecule has 0 unspecified atom stereocenters. The number of rotatable bonds is 6. The zero-order valence-corrected chi connectivity index (χ0v) is 11.8. The summed E-state index contributed by atoms with van der Waals surface area (Å²) in [4.78, 5) is 2.29. The third kappa shape index (κ3) is 3.01. The lowest BCUT2D eigenvalue weighted by molar-refractivity contribution is 0.707. The fraction of sp³-hybridized carbons (Fsp3) is 0.467. The molecule has 0 fully saturated rings. The lowest BCUT2D eigenvalue weighted by Gasteiger charge is -2.24. The Kier molecular flexibility index (Phi) is 4.68. The van der Waals surface area contributed by atoms with Crippen LogP contribution in [-0.4, -0.2) is 29.8 Å². The molecule has 19 heavy (non-hydrogen) atoms. The first-order valence-electron chi connectivity index (χ1n) is 6.95. The van der Waals surface area contributed by atoms with Crippen LogP contribution in [0.1, 0.15) is 25.5 Å². The van der Waals surface area contributed by atoms with Gasteiger partial charge in [0.1, 0.15) is 0 Å². The summed E-state index contributed by atoms with van der Waals surface area (Å²) < 4.78 is 0. The van der Waals surface area contributed by atoms with Crippen LogP contribution in [0, 0.1) is 6.92 Å². The van der Waals surface area contributed by atoms with Gasteiger partial charge in [-0.05, 0) is 26.3 Å². The molecule has 0 aliphatic rings. The van der Waals surface area contributed by atoms with E-state index in [0.717, 1.165) is 37.4 Å². The Labute approximate surface area is 114 Å². The van der Waals surface area contributed by atoms with Crippen molar-refractivity contribution in [2.45, 2.75) is 26.7 Å². The molecule has 0 atom stereocenters. The van der Waals surface area contributed by atoms with Gasteiger partial charge in [0.05, 0.1) is 5.69 Å². The molecule has 2 rings (SSSR count). The zero-order valence-electron chi connectivity index (χ0n) is 11.8. The molecule has 1 heterocycles. The number of nitrogens with zero attached hydrogens (tertiary/aromatic N) is 3. The molecule has 0 spiro atoms. The molecule has 0 saturated heterocycles. The number of fused-ring (bicyclic) bond motifs is 1. The van der Waals surface area contributed by atoms with Gasteiger partial charge in [0.2, 0.25) is 0 Å². The van der Waals surface area contributed by atoms with E-state index >= 15 is 0 Å². The number of aromatic nitrogens is 2. The van der Waals surface area contributed by atoms with E-state index in [9.17, 15) is 0 Å². The number of hydrogen-bond donors (Lipinski definition) is 1. The molecule has 2 N–H and O–H groups in total. The van der Waals surface area contributed by atoms with Crippen LogP contribution in [0.5, 0.6) is 0 Å². The highest BCUT2D eigenvalue weighted by molar-refractivity contribution is 5.93. The van der Waals surface area contributed by atoms with Gasteiger partial charge in [-0.25, -0.2) is 0 Å². The largest absolute Gasteiger partial charge is 0.355 e. The van der Waals surface area contributed by atoms with E-state index in [4.69, 9.17) is 5.73 Å². The second kappa shape index (κ2) is 6.48. The molecule has 102 valence electrons. The van der Waals surface area contributed by atoms with Gasteiger partial charge in [0.25, 0.3) is 0 Å². The van der Waals surface area contributed by atoms with Crippen molar-refractivity contribution in [1.29, 1.82) is 0 Å². The van der Waals surface area contributed by atoms with Crippen molar-refractivity contribution in [3.63, 3.8) is 0 Å². The van der Waals surface area contributed by atoms with Crippen LogP contribution >= 0.6 is 0 Å². The lowest BCUT2D eigenvalue weighted by Crippen LogP contribution is -2.28. The summed E-state index contributed by atoms with van der Waals surface area (Å²) in [5.41, 5.74) is 6.61. The van der Waals surface area contributed by atoms with Crippen molar-refractivity contribution < 1.29 is 0 Å². The number of hydrogen-bond acceptors (Lipinski definition) is 4. The molecule has 0 aliphatic heterocycles. The molecule has 0 saturated carbocycles. The molecular formula is C15H22N4. The summed E-state index contributed by atoms with van der Waals surface area (Å²) in [7, 11) is 0. The van der Waals surface area contributed by atoms with Crippen molar-refractivity contribution >= 4 is 16.6 Å². The summed E-state index contributed by atoms with van der Waals surface area (Å²) in [5.74, 6) is 0.983. The van der Waals surface area contributed by atoms with Crippen molar-refractivity contribution in [2.75, 3.05) is 24.5 Å². The minimum absolute atomic E-state index is 0.706. The van der Waals surface area contributed by atoms with Crippen molar-refractivity contribution in [1.82, 2.24) is 10.2 Å². The van der Waals surface area contributed by atoms with E-state index in [0.29, 0.717) is 6.54 Å². The molecule has 1 aromatic carbocycles. The van der Waals surface area contributed by atoms with E-state index in [1.165, 1.54) is 10.8 Å². The maximum absolute atomic E-state index is 5.63. The molecule has 4 nitrogen and oxygen atoms in total. The highest BCUT2D eigenvalue weighted by Crippen LogP contribution is 2.25. The van der Waals surface area contributed by atoms with Gasteiger partial charge in [-0.3, -0.25) is 0 Å². The standard InChI is InChI=1S/C15H22N4/c1-3-10-19(11-6-9-16)15-14-8-5-4-7-13(14)12(2)17-18-15/h4-5,7-8H,3,6,9-11,16H2,1-2H3. The third-order valence-corrected chi connectivity index (χ3v) is 3.28. The molecule has 4 heteroatoms. The number of benzene rings is 1. The number of nitrogens with two attached hydrogens (primary N) is 1. The van der Waals surface area contributed by atoms with Crippen LogP contribution in [-0.2, 0) is 0 Å². The van der Waals surface area contributed by atoms with Gasteiger partial charge < -0.3 is 10.6 Å². The maximum atomic E-state index is 5.63. The van der Waals surface area contributed by atoms with Gasteiger partial charge in [0.15, 0.2) is 5.82 Å². The average molecular weight is 258 g/mol. The maximum Gasteiger partial charge on any atom is 0.159 e. The monoisotopic (exact) mass is 258 g/mol. The SMILES string of the molecule is CCCN(CCCN)c1nnc(C)c2ccccc12. The highest BCUT2D eigenvalue weighted by atomic mass is 15.3. The second-order valence-electron chi connectivity index (χ2n) is 4.78. The summed E-state index contributed by atoms with van der Waals surface area (Å²) >= 11 is 0. The molecular weight excluding hydrogens is 236 g/mol. The fourth-order valence-electron chi connectivity index (χ4n) is 2.33. The molecule has 2 aromatic rings. The highest BCUT2D eigenvalue weighted by Gasteiger charge is 2.12. The quantitative estimate of drug-likeness (QED) is 0.865. The summed E-state index contributed by atoms with van der Waals surface area (Å²) in [6.45, 7) is 6.81. The van der Waals surface area contributed by atoms with E-state index in [-0.39, 0.29) is 0 Å². The lowest BCUT2D eigenvalue weighted by atomic mass is 10.1. The topological polar surface area (TPSA) is 55.0 Å². The number of anilines is 1. The van der Waals surface area contributed by atoms with Gasteiger partial charge in [0, 0.05) is 23.9 Å². The Balaban J connectivity index is 2.44. The van der Waals surface area contributed by atoms with Gasteiger partial charge in [-0.1, -0.05) is 31.2 Å². The first-order chi connectivity index (χ1) is 9.27. The first-order valence-corrected chi connectivity index (χ1v) is 6.95. The average Bonchev–Trinajstić information content (AvgIpc) is 2.45. The van der Waals surface area contributed by atoms with Gasteiger partial charge in [-0.2, -0.15) is 5.10 Å². The van der Waals surface area contributed by atoms with E-state index in [1.807, 2.05) is 13.0 Å². The van der Waals surface area contributed by atoms with Crippen LogP contribution in [0.25, 0.3) is 10.8 Å². The predicted octanol–water partition coefficient (Wildman–Crippen LogP) is 2.50. The first kappa shape index (κ1) is 13.7. The van der Waals surface area contributed by atoms with E-state index in [2.05, 4.69) is 40.2 Å². The van der Waals surface area contributed by atoms with Crippen molar-refractivity contribution in [3.8, 4) is 0 Å². The van der Waals surface area contributed by atoms with Gasteiger partial charge >= 0.3 is 0 Å². The fourth-order valence-corrected chi connectivity index (χ4v) is 2.33. The minimum atomic E-state index is 0.706. The van der Waals surface area contributed by atoms with E-state index in [1.54, 1.807) is 0 Å². The number of aryl methyl sites for hydroxylation is 1. The van der Waals surface area contributed by atoms with Gasteiger partial charge in [-0.15, -0.1) is 5.10 Å². The Bertz CT molecular complexity index is 539. The normalized spacial score (nSPS) is 10.9. The Morgan fingerprint density at radius 2 is 1.84 bits per heavy atom. The summed E-state index contributed by atoms with van der Waals surface area (Å²) in [6, 6.07) is 8.33. The smallest absolute Gasteiger partial charge is 0.159 e. The molecule has 0 bridgehead atoms. The third-order valence-electron chi connectivity index (χ3n) is 3.28. The predicted molar refractivity (Wildman–Crippen MR) is 80.5 cm³/mol. The molecule has 0 amide bonds. The van der Waals surface area contributed by atoms with Crippen LogP contribution in [0.3, 0.4) is 0 Å². The zero-order chi connectivity index (χ0) is 13.7. The summed E-state index contributed by atoms with van der Waals surface area (Å²) in [6.07, 6.45) is 2.07. The van der Waals surface area contributed by atoms with Crippen LogP contribution in [0.4, 0.5) is 5.82 Å². The molecule has 1 aromatic heterocycles. The Morgan fingerprint density at radius 1 is 1.11 bits per heavy atom. The molecule has 0 aliphatic carbocycles. The van der Waals surface area contributed by atoms with Crippen molar-refractivity contribution in [3.05, 3.63) is 30.0 Å². The summed E-state index contributed by atoms with van der Waals surface area (Å²) in [5, 5.41) is 11.1. The minimum Gasteiger partial charge on any atom is -0.355 e. The Hall–Kier alpha value is -1.68. The van der Waals surface area contributed by atoms with Crippen LogP contribution in [0.2, 0.25) is 0 Å². The second-order valence-corrected chi connectivity index (χ2v) is 4.78. The Morgan fingerprint density at radius 3 is 2.53 bits per heavy atom. The van der Waals surface area contributed by atoms with Crippen LogP contribution in [0.15, 0.2) is 24.3 Å². The van der Waals surface area contributed by atoms with Crippen molar-refractivity contribution in [2.24, 2.45) is 5.73 Å².